The fourth-order valence-corrected chi connectivity index (χ4v) is 2.87. The van der Waals surface area contributed by atoms with Crippen LogP contribution in [-0.2, 0) is 4.79 Å². The van der Waals surface area contributed by atoms with E-state index in [1.54, 1.807) is 42.3 Å². The summed E-state index contributed by atoms with van der Waals surface area (Å²) in [6.07, 6.45) is 1.69. The maximum atomic E-state index is 12.1. The number of benzene rings is 2. The fourth-order valence-electron chi connectivity index (χ4n) is 2.87. The molecule has 0 aliphatic heterocycles. The second kappa shape index (κ2) is 8.52. The molecule has 6 heteroatoms. The second-order valence-electron chi connectivity index (χ2n) is 7.01. The zero-order valence-corrected chi connectivity index (χ0v) is 16.3. The number of aromatic hydroxyl groups is 1. The number of nitrogens with zero attached hydrogens (tertiary/aromatic N) is 3. The zero-order valence-electron chi connectivity index (χ0n) is 16.3. The van der Waals surface area contributed by atoms with Crippen LogP contribution in [0.4, 0.5) is 17.3 Å². The number of rotatable bonds is 6. The van der Waals surface area contributed by atoms with E-state index >= 15 is 0 Å². The summed E-state index contributed by atoms with van der Waals surface area (Å²) in [5.74, 6) is 1.04. The van der Waals surface area contributed by atoms with Crippen LogP contribution >= 0.6 is 0 Å². The predicted molar refractivity (Wildman–Crippen MR) is 112 cm³/mol. The van der Waals surface area contributed by atoms with Crippen LogP contribution in [0.2, 0.25) is 0 Å². The first kappa shape index (κ1) is 19.4. The van der Waals surface area contributed by atoms with Crippen LogP contribution in [-0.4, -0.2) is 27.5 Å². The average Bonchev–Trinajstić information content (AvgIpc) is 2.68. The lowest BCUT2D eigenvalue weighted by atomic mass is 10.1. The Morgan fingerprint density at radius 3 is 2.57 bits per heavy atom. The second-order valence-corrected chi connectivity index (χ2v) is 7.01. The molecule has 28 heavy (non-hydrogen) atoms. The molecule has 0 saturated carbocycles. The standard InChI is InChI=1S/C22H24N4O2/c1-15(2)14-26(16(3)27)19-6-4-5-17(13-19)21-11-12-23-22(25-21)24-18-7-9-20(28)10-8-18/h4-13,15,28H,14H2,1-3H3,(H,23,24,25). The minimum absolute atomic E-state index is 0.0169. The summed E-state index contributed by atoms with van der Waals surface area (Å²) in [4.78, 5) is 22.7. The first-order chi connectivity index (χ1) is 13.4. The van der Waals surface area contributed by atoms with Gasteiger partial charge in [0.1, 0.15) is 5.75 Å². The average molecular weight is 376 g/mol. The van der Waals surface area contributed by atoms with Crippen molar-refractivity contribution in [2.24, 2.45) is 5.92 Å². The Kier molecular flexibility index (Phi) is 5.89. The van der Waals surface area contributed by atoms with Crippen molar-refractivity contribution in [2.45, 2.75) is 20.8 Å². The van der Waals surface area contributed by atoms with E-state index in [4.69, 9.17) is 0 Å². The van der Waals surface area contributed by atoms with Gasteiger partial charge in [0.25, 0.3) is 0 Å². The Balaban J connectivity index is 1.87. The molecule has 0 radical (unpaired) electrons. The summed E-state index contributed by atoms with van der Waals surface area (Å²) in [5.41, 5.74) is 3.29. The molecule has 2 N–H and O–H groups in total. The highest BCUT2D eigenvalue weighted by Crippen LogP contribution is 2.25. The van der Waals surface area contributed by atoms with Crippen molar-refractivity contribution in [3.05, 3.63) is 60.8 Å². The number of phenolic OH excluding ortho intramolecular Hbond substituents is 1. The minimum Gasteiger partial charge on any atom is -0.508 e. The lowest BCUT2D eigenvalue weighted by Crippen LogP contribution is -2.32. The van der Waals surface area contributed by atoms with Crippen molar-refractivity contribution in [3.63, 3.8) is 0 Å². The lowest BCUT2D eigenvalue weighted by Gasteiger charge is -2.23. The molecule has 6 nitrogen and oxygen atoms in total. The Morgan fingerprint density at radius 1 is 1.14 bits per heavy atom. The number of hydrogen-bond acceptors (Lipinski definition) is 5. The van der Waals surface area contributed by atoms with Gasteiger partial charge in [0, 0.05) is 36.6 Å². The SMILES string of the molecule is CC(=O)N(CC(C)C)c1cccc(-c2ccnc(Nc3ccc(O)cc3)n2)c1. The molecule has 0 atom stereocenters. The van der Waals surface area contributed by atoms with Crippen LogP contribution in [0.5, 0.6) is 5.75 Å². The molecule has 0 aliphatic carbocycles. The van der Waals surface area contributed by atoms with E-state index in [9.17, 15) is 9.90 Å². The normalized spacial score (nSPS) is 10.7. The number of carbonyl (C=O) groups is 1. The van der Waals surface area contributed by atoms with Gasteiger partial charge >= 0.3 is 0 Å². The van der Waals surface area contributed by atoms with Gasteiger partial charge in [-0.1, -0.05) is 26.0 Å². The third-order valence-corrected chi connectivity index (χ3v) is 4.16. The van der Waals surface area contributed by atoms with Crippen LogP contribution in [0.3, 0.4) is 0 Å². The molecule has 2 aromatic carbocycles. The molecule has 1 aromatic heterocycles. The summed E-state index contributed by atoms with van der Waals surface area (Å²) in [6, 6.07) is 16.3. The molecule has 3 aromatic rings. The Hall–Kier alpha value is -3.41. The number of amides is 1. The van der Waals surface area contributed by atoms with E-state index in [-0.39, 0.29) is 11.7 Å². The third-order valence-electron chi connectivity index (χ3n) is 4.16. The largest absolute Gasteiger partial charge is 0.508 e. The van der Waals surface area contributed by atoms with E-state index in [1.807, 2.05) is 30.3 Å². The number of carbonyl (C=O) groups excluding carboxylic acids is 1. The molecule has 0 aliphatic rings. The van der Waals surface area contributed by atoms with E-state index in [1.165, 1.54) is 0 Å². The maximum Gasteiger partial charge on any atom is 0.227 e. The smallest absolute Gasteiger partial charge is 0.227 e. The molecule has 1 heterocycles. The van der Waals surface area contributed by atoms with Crippen molar-refractivity contribution in [1.82, 2.24) is 9.97 Å². The molecule has 1 amide bonds. The van der Waals surface area contributed by atoms with Crippen LogP contribution in [0.25, 0.3) is 11.3 Å². The molecule has 144 valence electrons. The molecule has 0 saturated heterocycles. The van der Waals surface area contributed by atoms with Gasteiger partial charge in [-0.15, -0.1) is 0 Å². The van der Waals surface area contributed by atoms with Gasteiger partial charge < -0.3 is 15.3 Å². The van der Waals surface area contributed by atoms with Crippen molar-refractivity contribution < 1.29 is 9.90 Å². The van der Waals surface area contributed by atoms with Crippen molar-refractivity contribution in [2.75, 3.05) is 16.8 Å². The number of hydrogen-bond donors (Lipinski definition) is 2. The first-order valence-corrected chi connectivity index (χ1v) is 9.20. The molecule has 0 unspecified atom stereocenters. The zero-order chi connectivity index (χ0) is 20.1. The molecule has 0 fully saturated rings. The van der Waals surface area contributed by atoms with Gasteiger partial charge in [-0.25, -0.2) is 9.97 Å². The highest BCUT2D eigenvalue weighted by atomic mass is 16.3. The van der Waals surface area contributed by atoms with E-state index in [2.05, 4.69) is 29.1 Å². The van der Waals surface area contributed by atoms with Gasteiger partial charge in [0.05, 0.1) is 5.69 Å². The summed E-state index contributed by atoms with van der Waals surface area (Å²) >= 11 is 0. The van der Waals surface area contributed by atoms with Crippen LogP contribution in [0, 0.1) is 5.92 Å². The molecule has 0 spiro atoms. The van der Waals surface area contributed by atoms with Gasteiger partial charge in [-0.2, -0.15) is 0 Å². The van der Waals surface area contributed by atoms with Gasteiger partial charge in [0.15, 0.2) is 0 Å². The quantitative estimate of drug-likeness (QED) is 0.615. The number of aromatic nitrogens is 2. The van der Waals surface area contributed by atoms with E-state index in [0.717, 1.165) is 22.6 Å². The van der Waals surface area contributed by atoms with Crippen molar-refractivity contribution >= 4 is 23.2 Å². The molecule has 0 bridgehead atoms. The van der Waals surface area contributed by atoms with Gasteiger partial charge in [-0.3, -0.25) is 4.79 Å². The summed E-state index contributed by atoms with van der Waals surface area (Å²) in [5, 5.41) is 12.5. The number of phenols is 1. The van der Waals surface area contributed by atoms with Crippen LogP contribution in [0.1, 0.15) is 20.8 Å². The predicted octanol–water partition coefficient (Wildman–Crippen LogP) is 4.60. The van der Waals surface area contributed by atoms with Crippen molar-refractivity contribution in [3.8, 4) is 17.0 Å². The molecular weight excluding hydrogens is 352 g/mol. The van der Waals surface area contributed by atoms with Gasteiger partial charge in [-0.05, 0) is 48.4 Å². The Bertz CT molecular complexity index is 955. The highest BCUT2D eigenvalue weighted by Gasteiger charge is 2.14. The Morgan fingerprint density at radius 2 is 1.89 bits per heavy atom. The van der Waals surface area contributed by atoms with E-state index in [0.29, 0.717) is 18.4 Å². The molecule has 3 rings (SSSR count). The van der Waals surface area contributed by atoms with Crippen molar-refractivity contribution in [1.29, 1.82) is 0 Å². The summed E-state index contributed by atoms with van der Waals surface area (Å²) in [7, 11) is 0. The highest BCUT2D eigenvalue weighted by molar-refractivity contribution is 5.92. The topological polar surface area (TPSA) is 78.4 Å². The third kappa shape index (κ3) is 4.85. The van der Waals surface area contributed by atoms with Crippen LogP contribution in [0.15, 0.2) is 60.8 Å². The minimum atomic E-state index is 0.0169. The van der Waals surface area contributed by atoms with Crippen LogP contribution < -0.4 is 10.2 Å². The molecular formula is C22H24N4O2. The first-order valence-electron chi connectivity index (χ1n) is 9.20. The monoisotopic (exact) mass is 376 g/mol. The lowest BCUT2D eigenvalue weighted by molar-refractivity contribution is -0.116. The van der Waals surface area contributed by atoms with Gasteiger partial charge in [0.2, 0.25) is 11.9 Å². The summed E-state index contributed by atoms with van der Waals surface area (Å²) < 4.78 is 0. The fraction of sp³-hybridized carbons (Fsp3) is 0.227. The number of anilines is 3. The Labute approximate surface area is 164 Å². The summed E-state index contributed by atoms with van der Waals surface area (Å²) in [6.45, 7) is 6.42. The maximum absolute atomic E-state index is 12.1. The number of nitrogens with one attached hydrogen (secondary N) is 1. The van der Waals surface area contributed by atoms with E-state index < -0.39 is 0 Å².